The van der Waals surface area contributed by atoms with Gasteiger partial charge in [0.15, 0.2) is 6.35 Å². The third-order valence-electron chi connectivity index (χ3n) is 3.19. The molecule has 0 bridgehead atoms. The number of aliphatic hydroxyl groups excluding tert-OH is 1. The van der Waals surface area contributed by atoms with Crippen LogP contribution < -0.4 is 16.4 Å². The number of hydrogen-bond donors (Lipinski definition) is 4. The maximum absolute atomic E-state index is 11.6. The molecule has 13 heavy (non-hydrogen) atoms. The largest absolute Gasteiger partial charge is 0.361 e. The van der Waals surface area contributed by atoms with Crippen LogP contribution >= 0.6 is 0 Å². The van der Waals surface area contributed by atoms with Gasteiger partial charge in [-0.05, 0) is 18.8 Å². The fraction of sp³-hybridized carbons (Fsp3) is 0.875. The van der Waals surface area contributed by atoms with Gasteiger partial charge in [-0.3, -0.25) is 10.1 Å². The summed E-state index contributed by atoms with van der Waals surface area (Å²) in [4.78, 5) is 11.6. The molecule has 1 aliphatic heterocycles. The van der Waals surface area contributed by atoms with Crippen LogP contribution in [0.1, 0.15) is 19.3 Å². The fourth-order valence-corrected chi connectivity index (χ4v) is 2.12. The van der Waals surface area contributed by atoms with E-state index < -0.39 is 11.9 Å². The molecule has 1 aliphatic carbocycles. The summed E-state index contributed by atoms with van der Waals surface area (Å²) in [5, 5.41) is 14.5. The van der Waals surface area contributed by atoms with Gasteiger partial charge < -0.3 is 16.2 Å². The van der Waals surface area contributed by atoms with E-state index in [2.05, 4.69) is 10.6 Å². The highest BCUT2D eigenvalue weighted by Crippen LogP contribution is 2.37. The third-order valence-corrected chi connectivity index (χ3v) is 3.19. The minimum Gasteiger partial charge on any atom is -0.361 e. The normalized spacial score (nSPS) is 40.2. The quantitative estimate of drug-likeness (QED) is 0.421. The van der Waals surface area contributed by atoms with Crippen molar-refractivity contribution in [3.05, 3.63) is 0 Å². The predicted octanol–water partition coefficient (Wildman–Crippen LogP) is -1.52. The van der Waals surface area contributed by atoms with Gasteiger partial charge in [-0.25, -0.2) is 0 Å². The van der Waals surface area contributed by atoms with Crippen molar-refractivity contribution >= 4 is 5.91 Å². The van der Waals surface area contributed by atoms with Crippen LogP contribution in [0.25, 0.3) is 0 Å². The van der Waals surface area contributed by atoms with E-state index in [0.717, 1.165) is 19.3 Å². The lowest BCUT2D eigenvalue weighted by molar-refractivity contribution is -0.127. The maximum atomic E-state index is 11.6. The predicted molar refractivity (Wildman–Crippen MR) is 46.4 cm³/mol. The molecular weight excluding hydrogens is 170 g/mol. The van der Waals surface area contributed by atoms with Crippen molar-refractivity contribution in [3.8, 4) is 0 Å². The van der Waals surface area contributed by atoms with E-state index in [1.54, 1.807) is 0 Å². The van der Waals surface area contributed by atoms with Gasteiger partial charge in [0, 0.05) is 6.54 Å². The molecule has 1 heterocycles. The lowest BCUT2D eigenvalue weighted by atomic mass is 9.70. The van der Waals surface area contributed by atoms with Gasteiger partial charge in [0.25, 0.3) is 0 Å². The fourth-order valence-electron chi connectivity index (χ4n) is 2.12. The lowest BCUT2D eigenvalue weighted by Gasteiger charge is -2.39. The minimum atomic E-state index is -0.934. The Morgan fingerprint density at radius 2 is 2.31 bits per heavy atom. The molecule has 1 amide bonds. The van der Waals surface area contributed by atoms with Crippen LogP contribution in [0.4, 0.5) is 0 Å². The van der Waals surface area contributed by atoms with Crippen molar-refractivity contribution in [2.24, 2.45) is 11.7 Å². The Kier molecular flexibility index (Phi) is 2.02. The highest BCUT2D eigenvalue weighted by molar-refractivity contribution is 5.89. The van der Waals surface area contributed by atoms with Gasteiger partial charge in [0.05, 0.1) is 0 Å². The number of rotatable bonds is 2. The van der Waals surface area contributed by atoms with Crippen LogP contribution in [-0.2, 0) is 4.79 Å². The molecule has 2 fully saturated rings. The zero-order chi connectivity index (χ0) is 9.47. The summed E-state index contributed by atoms with van der Waals surface area (Å²) in [7, 11) is 0. The number of hydrogen-bond acceptors (Lipinski definition) is 4. The van der Waals surface area contributed by atoms with Crippen LogP contribution in [0.2, 0.25) is 0 Å². The second kappa shape index (κ2) is 2.94. The first-order valence-electron chi connectivity index (χ1n) is 4.66. The molecule has 5 nitrogen and oxygen atoms in total. The van der Waals surface area contributed by atoms with Crippen molar-refractivity contribution in [1.82, 2.24) is 10.6 Å². The van der Waals surface area contributed by atoms with Crippen molar-refractivity contribution < 1.29 is 9.90 Å². The van der Waals surface area contributed by atoms with Crippen molar-refractivity contribution in [2.45, 2.75) is 31.2 Å². The van der Waals surface area contributed by atoms with Crippen molar-refractivity contribution in [1.29, 1.82) is 0 Å². The number of carbonyl (C=O) groups excluding carboxylic acids is 1. The summed E-state index contributed by atoms with van der Waals surface area (Å²) in [6, 6.07) is 0. The Morgan fingerprint density at radius 3 is 2.62 bits per heavy atom. The second-order valence-electron chi connectivity index (χ2n) is 3.82. The summed E-state index contributed by atoms with van der Waals surface area (Å²) in [5.41, 5.74) is 4.89. The van der Waals surface area contributed by atoms with E-state index in [-0.39, 0.29) is 18.4 Å². The van der Waals surface area contributed by atoms with Gasteiger partial charge in [-0.15, -0.1) is 0 Å². The van der Waals surface area contributed by atoms with Gasteiger partial charge in [0.1, 0.15) is 5.54 Å². The van der Waals surface area contributed by atoms with E-state index >= 15 is 0 Å². The number of nitrogens with two attached hydrogens (primary N) is 1. The second-order valence-corrected chi connectivity index (χ2v) is 3.82. The number of carbonyl (C=O) groups is 1. The number of aliphatic hydroxyl groups is 1. The van der Waals surface area contributed by atoms with Crippen LogP contribution in [0.3, 0.4) is 0 Å². The van der Waals surface area contributed by atoms with Crippen LogP contribution in [0.15, 0.2) is 0 Å². The average Bonchev–Trinajstić information content (AvgIpc) is 2.24. The molecule has 5 N–H and O–H groups in total. The van der Waals surface area contributed by atoms with Crippen molar-refractivity contribution in [3.63, 3.8) is 0 Å². The lowest BCUT2D eigenvalue weighted by Crippen LogP contribution is -2.60. The molecule has 5 heteroatoms. The first kappa shape index (κ1) is 8.93. The topological polar surface area (TPSA) is 87.4 Å². The highest BCUT2D eigenvalue weighted by atomic mass is 16.3. The first-order valence-corrected chi connectivity index (χ1v) is 4.66. The van der Waals surface area contributed by atoms with Gasteiger partial charge in [0.2, 0.25) is 5.91 Å². The van der Waals surface area contributed by atoms with Crippen LogP contribution in [-0.4, -0.2) is 29.4 Å². The van der Waals surface area contributed by atoms with Gasteiger partial charge in [-0.2, -0.15) is 0 Å². The molecule has 1 saturated heterocycles. The molecule has 2 atom stereocenters. The molecule has 2 unspecified atom stereocenters. The highest BCUT2D eigenvalue weighted by Gasteiger charge is 2.52. The molecule has 2 rings (SSSR count). The first-order chi connectivity index (χ1) is 6.19. The Morgan fingerprint density at radius 1 is 1.62 bits per heavy atom. The zero-order valence-electron chi connectivity index (χ0n) is 7.42. The van der Waals surface area contributed by atoms with Crippen LogP contribution in [0.5, 0.6) is 0 Å². The molecular formula is C8H15N3O2. The Labute approximate surface area is 76.7 Å². The molecule has 0 spiro atoms. The van der Waals surface area contributed by atoms with E-state index in [4.69, 9.17) is 5.73 Å². The summed E-state index contributed by atoms with van der Waals surface area (Å²) < 4.78 is 0. The number of amides is 1. The van der Waals surface area contributed by atoms with E-state index in [0.29, 0.717) is 0 Å². The Hall–Kier alpha value is -0.650. The Bertz CT molecular complexity index is 229. The smallest absolute Gasteiger partial charge is 0.245 e. The van der Waals surface area contributed by atoms with Gasteiger partial charge in [-0.1, -0.05) is 6.42 Å². The van der Waals surface area contributed by atoms with Crippen LogP contribution in [0, 0.1) is 5.92 Å². The molecule has 0 aromatic heterocycles. The molecule has 0 radical (unpaired) electrons. The molecule has 1 saturated carbocycles. The average molecular weight is 185 g/mol. The summed E-state index contributed by atoms with van der Waals surface area (Å²) in [5.74, 6) is 0.127. The van der Waals surface area contributed by atoms with E-state index in [9.17, 15) is 9.90 Å². The van der Waals surface area contributed by atoms with E-state index in [1.807, 2.05) is 0 Å². The molecule has 0 aromatic rings. The molecule has 74 valence electrons. The minimum absolute atomic E-state index is 0.160. The summed E-state index contributed by atoms with van der Waals surface area (Å²) in [6.07, 6.45) is 2.25. The Balaban J connectivity index is 2.18. The summed E-state index contributed by atoms with van der Waals surface area (Å²) in [6.45, 7) is 0.251. The summed E-state index contributed by atoms with van der Waals surface area (Å²) >= 11 is 0. The van der Waals surface area contributed by atoms with E-state index in [1.165, 1.54) is 0 Å². The zero-order valence-corrected chi connectivity index (χ0v) is 7.42. The SMILES string of the molecule is NCC1(C2CCC2)NC(O)NC1=O. The molecule has 0 aromatic carbocycles. The van der Waals surface area contributed by atoms with Gasteiger partial charge >= 0.3 is 0 Å². The standard InChI is InChI=1S/C8H15N3O2/c9-4-8(5-2-1-3-5)6(12)10-7(13)11-8/h5,7,11,13H,1-4,9H2,(H,10,12). The number of nitrogens with one attached hydrogen (secondary N) is 2. The molecule has 2 aliphatic rings. The van der Waals surface area contributed by atoms with Crippen molar-refractivity contribution in [2.75, 3.05) is 6.54 Å². The monoisotopic (exact) mass is 185 g/mol. The maximum Gasteiger partial charge on any atom is 0.245 e. The third kappa shape index (κ3) is 1.15.